The number of nitrogens with zero attached hydrogens (tertiary/aromatic N) is 1. The Labute approximate surface area is 116 Å². The predicted molar refractivity (Wildman–Crippen MR) is 78.4 cm³/mol. The Balaban J connectivity index is 2.18. The van der Waals surface area contributed by atoms with E-state index in [1.165, 1.54) is 5.56 Å². The van der Waals surface area contributed by atoms with Crippen molar-refractivity contribution in [3.05, 3.63) is 40.1 Å². The summed E-state index contributed by atoms with van der Waals surface area (Å²) in [4.78, 5) is 7.80. The minimum atomic E-state index is 0.478. The summed E-state index contributed by atoms with van der Waals surface area (Å²) in [5.74, 6) is 0.931. The molecule has 1 heterocycles. The van der Waals surface area contributed by atoms with Crippen molar-refractivity contribution in [3.63, 3.8) is 0 Å². The zero-order valence-corrected chi connectivity index (χ0v) is 12.5. The van der Waals surface area contributed by atoms with Gasteiger partial charge in [0.15, 0.2) is 0 Å². The molecular weight excluding hydrogens is 290 g/mol. The van der Waals surface area contributed by atoms with Crippen LogP contribution < -0.4 is 5.32 Å². The van der Waals surface area contributed by atoms with Gasteiger partial charge in [-0.15, -0.1) is 0 Å². The summed E-state index contributed by atoms with van der Waals surface area (Å²) >= 11 is 3.47. The van der Waals surface area contributed by atoms with Crippen LogP contribution in [-0.4, -0.2) is 16.0 Å². The number of hydrogen-bond donors (Lipinski definition) is 2. The van der Waals surface area contributed by atoms with E-state index in [2.05, 4.69) is 64.1 Å². The molecule has 0 radical (unpaired) electrons. The van der Waals surface area contributed by atoms with Crippen LogP contribution in [0.2, 0.25) is 0 Å². The molecule has 0 spiro atoms. The highest BCUT2D eigenvalue weighted by Crippen LogP contribution is 2.23. The third-order valence-corrected chi connectivity index (χ3v) is 3.27. The van der Waals surface area contributed by atoms with Crippen LogP contribution in [-0.2, 0) is 6.54 Å². The summed E-state index contributed by atoms with van der Waals surface area (Å²) in [5, 5.41) is 3.37. The van der Waals surface area contributed by atoms with E-state index in [0.29, 0.717) is 6.04 Å². The quantitative estimate of drug-likeness (QED) is 0.905. The number of benzene rings is 1. The molecule has 0 unspecified atom stereocenters. The first-order valence-electron chi connectivity index (χ1n) is 6.10. The molecule has 1 aromatic carbocycles. The molecule has 0 saturated carbocycles. The largest absolute Gasteiger partial charge is 0.341 e. The summed E-state index contributed by atoms with van der Waals surface area (Å²) in [7, 11) is 0. The van der Waals surface area contributed by atoms with Crippen LogP contribution in [0.5, 0.6) is 0 Å². The van der Waals surface area contributed by atoms with E-state index < -0.39 is 0 Å². The lowest BCUT2D eigenvalue weighted by molar-refractivity contribution is 0.583. The summed E-state index contributed by atoms with van der Waals surface area (Å²) in [5.41, 5.74) is 3.47. The average molecular weight is 308 g/mol. The number of aromatic amines is 1. The van der Waals surface area contributed by atoms with Gasteiger partial charge in [0.1, 0.15) is 5.82 Å². The van der Waals surface area contributed by atoms with Crippen LogP contribution in [0.15, 0.2) is 28.9 Å². The fraction of sp³-hybridized carbons (Fsp3) is 0.357. The van der Waals surface area contributed by atoms with Gasteiger partial charge in [-0.1, -0.05) is 29.8 Å². The van der Waals surface area contributed by atoms with Gasteiger partial charge in [0, 0.05) is 34.5 Å². The van der Waals surface area contributed by atoms with E-state index in [1.807, 2.05) is 12.3 Å². The molecule has 2 rings (SSSR count). The van der Waals surface area contributed by atoms with Crippen LogP contribution in [0.4, 0.5) is 0 Å². The van der Waals surface area contributed by atoms with Gasteiger partial charge >= 0.3 is 0 Å². The smallest absolute Gasteiger partial charge is 0.137 e. The maximum Gasteiger partial charge on any atom is 0.137 e. The molecule has 96 valence electrons. The van der Waals surface area contributed by atoms with Crippen molar-refractivity contribution in [1.82, 2.24) is 15.3 Å². The van der Waals surface area contributed by atoms with E-state index >= 15 is 0 Å². The number of aryl methyl sites for hydroxylation is 1. The second kappa shape index (κ2) is 5.67. The number of H-pyrrole nitrogens is 1. The van der Waals surface area contributed by atoms with Gasteiger partial charge in [0.25, 0.3) is 0 Å². The van der Waals surface area contributed by atoms with Gasteiger partial charge in [0.05, 0.1) is 0 Å². The van der Waals surface area contributed by atoms with Gasteiger partial charge in [-0.3, -0.25) is 0 Å². The van der Waals surface area contributed by atoms with Crippen LogP contribution in [0, 0.1) is 6.92 Å². The Hall–Kier alpha value is -1.13. The zero-order valence-electron chi connectivity index (χ0n) is 10.9. The summed E-state index contributed by atoms with van der Waals surface area (Å²) < 4.78 is 1.09. The number of nitrogens with one attached hydrogen (secondary N) is 2. The zero-order chi connectivity index (χ0) is 13.1. The van der Waals surface area contributed by atoms with Crippen molar-refractivity contribution < 1.29 is 0 Å². The van der Waals surface area contributed by atoms with Gasteiger partial charge < -0.3 is 10.3 Å². The number of halogens is 1. The molecule has 0 fully saturated rings. The number of aromatic nitrogens is 2. The Morgan fingerprint density at radius 3 is 2.83 bits per heavy atom. The van der Waals surface area contributed by atoms with Crippen LogP contribution in [0.3, 0.4) is 0 Å². The normalized spacial score (nSPS) is 11.2. The standard InChI is InChI=1S/C14H18BrN3/c1-9(2)16-7-12-8-17-14(18-12)13-5-4-11(15)6-10(13)3/h4-6,8-9,16H,7H2,1-3H3,(H,17,18). The molecule has 3 nitrogen and oxygen atoms in total. The minimum absolute atomic E-state index is 0.478. The third-order valence-electron chi connectivity index (χ3n) is 2.77. The van der Waals surface area contributed by atoms with Crippen LogP contribution in [0.25, 0.3) is 11.4 Å². The molecular formula is C14H18BrN3. The predicted octanol–water partition coefficient (Wildman–Crippen LogP) is 3.65. The monoisotopic (exact) mass is 307 g/mol. The van der Waals surface area contributed by atoms with Gasteiger partial charge in [0.2, 0.25) is 0 Å². The highest BCUT2D eigenvalue weighted by Gasteiger charge is 2.07. The van der Waals surface area contributed by atoms with Crippen LogP contribution in [0.1, 0.15) is 25.1 Å². The van der Waals surface area contributed by atoms with E-state index in [-0.39, 0.29) is 0 Å². The van der Waals surface area contributed by atoms with Gasteiger partial charge in [-0.25, -0.2) is 4.98 Å². The Morgan fingerprint density at radius 1 is 1.39 bits per heavy atom. The second-order valence-electron chi connectivity index (χ2n) is 4.75. The van der Waals surface area contributed by atoms with E-state index in [4.69, 9.17) is 0 Å². The topological polar surface area (TPSA) is 40.7 Å². The van der Waals surface area contributed by atoms with E-state index in [0.717, 1.165) is 28.1 Å². The Kier molecular flexibility index (Phi) is 4.19. The summed E-state index contributed by atoms with van der Waals surface area (Å²) in [6.45, 7) is 7.18. The van der Waals surface area contributed by atoms with Crippen molar-refractivity contribution in [2.75, 3.05) is 0 Å². The third kappa shape index (κ3) is 3.21. The number of imidazole rings is 1. The van der Waals surface area contributed by atoms with Crippen molar-refractivity contribution in [2.45, 2.75) is 33.4 Å². The molecule has 18 heavy (non-hydrogen) atoms. The lowest BCUT2D eigenvalue weighted by Gasteiger charge is -2.06. The second-order valence-corrected chi connectivity index (χ2v) is 5.67. The number of hydrogen-bond acceptors (Lipinski definition) is 2. The van der Waals surface area contributed by atoms with Gasteiger partial charge in [-0.2, -0.15) is 0 Å². The van der Waals surface area contributed by atoms with Crippen molar-refractivity contribution in [2.24, 2.45) is 0 Å². The molecule has 0 aliphatic rings. The number of rotatable bonds is 4. The molecule has 0 amide bonds. The maximum absolute atomic E-state index is 4.44. The first-order chi connectivity index (χ1) is 8.56. The molecule has 4 heteroatoms. The molecule has 2 aromatic rings. The van der Waals surface area contributed by atoms with Crippen molar-refractivity contribution in [3.8, 4) is 11.4 Å². The molecule has 0 aliphatic carbocycles. The summed E-state index contributed by atoms with van der Waals surface area (Å²) in [6.07, 6.45) is 1.90. The fourth-order valence-electron chi connectivity index (χ4n) is 1.79. The first-order valence-corrected chi connectivity index (χ1v) is 6.89. The van der Waals surface area contributed by atoms with E-state index in [1.54, 1.807) is 0 Å². The minimum Gasteiger partial charge on any atom is -0.341 e. The molecule has 0 saturated heterocycles. The van der Waals surface area contributed by atoms with Crippen molar-refractivity contribution in [1.29, 1.82) is 0 Å². The molecule has 0 aliphatic heterocycles. The molecule has 1 aromatic heterocycles. The highest BCUT2D eigenvalue weighted by molar-refractivity contribution is 9.10. The lowest BCUT2D eigenvalue weighted by Crippen LogP contribution is -2.21. The fourth-order valence-corrected chi connectivity index (χ4v) is 2.27. The highest BCUT2D eigenvalue weighted by atomic mass is 79.9. The summed E-state index contributed by atoms with van der Waals surface area (Å²) in [6, 6.07) is 6.70. The van der Waals surface area contributed by atoms with Crippen LogP contribution >= 0.6 is 15.9 Å². The van der Waals surface area contributed by atoms with Gasteiger partial charge in [-0.05, 0) is 30.7 Å². The lowest BCUT2D eigenvalue weighted by atomic mass is 10.1. The first kappa shape index (κ1) is 13.3. The molecule has 2 N–H and O–H groups in total. The van der Waals surface area contributed by atoms with Crippen molar-refractivity contribution >= 4 is 15.9 Å². The molecule has 0 bridgehead atoms. The maximum atomic E-state index is 4.44. The van der Waals surface area contributed by atoms with E-state index in [9.17, 15) is 0 Å². The Morgan fingerprint density at radius 2 is 2.17 bits per heavy atom. The Bertz CT molecular complexity index is 532. The molecule has 0 atom stereocenters. The SMILES string of the molecule is Cc1cc(Br)ccc1-c1ncc(CNC(C)C)[nH]1. The average Bonchev–Trinajstić information content (AvgIpc) is 2.75.